The van der Waals surface area contributed by atoms with Crippen LogP contribution in [0.2, 0.25) is 5.02 Å². The molecule has 0 spiro atoms. The Hall–Kier alpha value is -3.32. The van der Waals surface area contributed by atoms with Gasteiger partial charge in [0.1, 0.15) is 5.60 Å². The molecule has 1 amide bonds. The topological polar surface area (TPSA) is 83.6 Å². The molecule has 2 N–H and O–H groups in total. The Bertz CT molecular complexity index is 1040. The number of nitrogens with zero attached hydrogens (tertiary/aromatic N) is 2. The van der Waals surface area contributed by atoms with Crippen molar-refractivity contribution in [2.45, 2.75) is 32.9 Å². The molecule has 0 bridgehead atoms. The van der Waals surface area contributed by atoms with Crippen LogP contribution in [-0.2, 0) is 16.1 Å². The minimum Gasteiger partial charge on any atom is -0.444 e. The SMILES string of the molecule is C=C(Nc1ccccc1)C1=C(NCc2ccncc2Cl)CN(C(=O)OC(C)(C)C)CC1=O. The Morgan fingerprint density at radius 3 is 2.59 bits per heavy atom. The van der Waals surface area contributed by atoms with Crippen LogP contribution in [0.1, 0.15) is 26.3 Å². The highest BCUT2D eigenvalue weighted by Crippen LogP contribution is 2.24. The molecule has 0 saturated carbocycles. The third kappa shape index (κ3) is 6.11. The molecule has 0 fully saturated rings. The number of ketones is 1. The van der Waals surface area contributed by atoms with Gasteiger partial charge in [-0.2, -0.15) is 0 Å². The summed E-state index contributed by atoms with van der Waals surface area (Å²) in [5, 5.41) is 6.96. The van der Waals surface area contributed by atoms with Gasteiger partial charge in [-0.15, -0.1) is 0 Å². The number of ether oxygens (including phenoxy) is 1. The number of halogens is 1. The molecule has 0 saturated heterocycles. The van der Waals surface area contributed by atoms with Crippen molar-refractivity contribution in [2.24, 2.45) is 0 Å². The van der Waals surface area contributed by atoms with Crippen LogP contribution in [0, 0.1) is 0 Å². The molecule has 0 radical (unpaired) electrons. The van der Waals surface area contributed by atoms with Gasteiger partial charge in [-0.3, -0.25) is 14.7 Å². The van der Waals surface area contributed by atoms with Crippen molar-refractivity contribution in [3.05, 3.63) is 82.9 Å². The van der Waals surface area contributed by atoms with Crippen molar-refractivity contribution >= 4 is 29.2 Å². The number of amides is 1. The summed E-state index contributed by atoms with van der Waals surface area (Å²) >= 11 is 6.23. The lowest BCUT2D eigenvalue weighted by Gasteiger charge is -2.33. The number of rotatable bonds is 6. The van der Waals surface area contributed by atoms with Gasteiger partial charge in [0.05, 0.1) is 23.7 Å². The molecule has 3 rings (SSSR count). The first kappa shape index (κ1) is 23.3. The normalized spacial score (nSPS) is 14.2. The third-order valence-corrected chi connectivity index (χ3v) is 4.98. The van der Waals surface area contributed by atoms with Crippen molar-refractivity contribution in [1.29, 1.82) is 0 Å². The molecule has 1 aliphatic heterocycles. The predicted molar refractivity (Wildman–Crippen MR) is 125 cm³/mol. The quantitative estimate of drug-likeness (QED) is 0.667. The summed E-state index contributed by atoms with van der Waals surface area (Å²) in [5.41, 5.74) is 2.39. The summed E-state index contributed by atoms with van der Waals surface area (Å²) in [5.74, 6) is -0.237. The number of para-hydroxylation sites is 1. The van der Waals surface area contributed by atoms with E-state index < -0.39 is 11.7 Å². The largest absolute Gasteiger partial charge is 0.444 e. The Labute approximate surface area is 193 Å². The number of allylic oxidation sites excluding steroid dienone is 1. The van der Waals surface area contributed by atoms with Crippen LogP contribution in [0.5, 0.6) is 0 Å². The zero-order chi connectivity index (χ0) is 23.3. The van der Waals surface area contributed by atoms with Crippen LogP contribution in [0.3, 0.4) is 0 Å². The number of aromatic nitrogens is 1. The van der Waals surface area contributed by atoms with E-state index in [1.165, 1.54) is 4.90 Å². The first-order valence-electron chi connectivity index (χ1n) is 10.2. The number of Topliss-reactive ketones (excluding diaryl/α,β-unsaturated/α-hetero) is 1. The maximum Gasteiger partial charge on any atom is 0.411 e. The molecule has 7 nitrogen and oxygen atoms in total. The molecular formula is C24H27ClN4O3. The molecule has 2 heterocycles. The van der Waals surface area contributed by atoms with Crippen molar-refractivity contribution in [3.8, 4) is 0 Å². The first-order chi connectivity index (χ1) is 15.1. The lowest BCUT2D eigenvalue weighted by Crippen LogP contribution is -2.47. The highest BCUT2D eigenvalue weighted by atomic mass is 35.5. The van der Waals surface area contributed by atoms with Gasteiger partial charge in [-0.1, -0.05) is 36.4 Å². The summed E-state index contributed by atoms with van der Waals surface area (Å²) in [7, 11) is 0. The minimum atomic E-state index is -0.666. The zero-order valence-corrected chi connectivity index (χ0v) is 19.2. The van der Waals surface area contributed by atoms with Gasteiger partial charge in [-0.05, 0) is 44.5 Å². The van der Waals surface area contributed by atoms with Gasteiger partial charge in [0.15, 0.2) is 5.78 Å². The van der Waals surface area contributed by atoms with E-state index in [1.54, 1.807) is 39.2 Å². The first-order valence-corrected chi connectivity index (χ1v) is 10.6. The van der Waals surface area contributed by atoms with E-state index in [0.29, 0.717) is 28.5 Å². The fourth-order valence-electron chi connectivity index (χ4n) is 3.20. The summed E-state index contributed by atoms with van der Waals surface area (Å²) in [6.07, 6.45) is 2.66. The zero-order valence-electron chi connectivity index (χ0n) is 18.4. The molecule has 1 aliphatic rings. The Kier molecular flexibility index (Phi) is 7.20. The summed E-state index contributed by atoms with van der Waals surface area (Å²) in [6.45, 7) is 9.87. The number of carbonyl (C=O) groups excluding carboxylic acids is 2. The van der Waals surface area contributed by atoms with Crippen LogP contribution >= 0.6 is 11.6 Å². The number of carbonyl (C=O) groups is 2. The molecular weight excluding hydrogens is 428 g/mol. The van der Waals surface area contributed by atoms with Crippen molar-refractivity contribution < 1.29 is 14.3 Å². The van der Waals surface area contributed by atoms with E-state index in [4.69, 9.17) is 16.3 Å². The van der Waals surface area contributed by atoms with Crippen LogP contribution in [0.25, 0.3) is 0 Å². The molecule has 0 atom stereocenters. The Balaban J connectivity index is 1.88. The number of hydrogen-bond acceptors (Lipinski definition) is 6. The van der Waals surface area contributed by atoms with Crippen molar-refractivity contribution in [1.82, 2.24) is 15.2 Å². The highest BCUT2D eigenvalue weighted by Gasteiger charge is 2.32. The van der Waals surface area contributed by atoms with E-state index in [-0.39, 0.29) is 18.9 Å². The number of anilines is 1. The molecule has 2 aromatic rings. The Morgan fingerprint density at radius 2 is 1.94 bits per heavy atom. The lowest BCUT2D eigenvalue weighted by molar-refractivity contribution is -0.117. The van der Waals surface area contributed by atoms with Gasteiger partial charge in [0.25, 0.3) is 0 Å². The second kappa shape index (κ2) is 9.87. The van der Waals surface area contributed by atoms with E-state index in [9.17, 15) is 9.59 Å². The van der Waals surface area contributed by atoms with Gasteiger partial charge >= 0.3 is 6.09 Å². The fraction of sp³-hybridized carbons (Fsp3) is 0.292. The molecule has 1 aromatic carbocycles. The van der Waals surface area contributed by atoms with E-state index in [0.717, 1.165) is 11.3 Å². The molecule has 0 unspecified atom stereocenters. The molecule has 0 aliphatic carbocycles. The lowest BCUT2D eigenvalue weighted by atomic mass is 10.0. The predicted octanol–water partition coefficient (Wildman–Crippen LogP) is 4.52. The summed E-state index contributed by atoms with van der Waals surface area (Å²) < 4.78 is 5.46. The second-order valence-electron chi connectivity index (χ2n) is 8.40. The Morgan fingerprint density at radius 1 is 1.22 bits per heavy atom. The molecule has 32 heavy (non-hydrogen) atoms. The van der Waals surface area contributed by atoms with Gasteiger partial charge < -0.3 is 15.4 Å². The van der Waals surface area contributed by atoms with Crippen LogP contribution in [-0.4, -0.2) is 40.5 Å². The van der Waals surface area contributed by atoms with E-state index in [1.807, 2.05) is 30.3 Å². The summed E-state index contributed by atoms with van der Waals surface area (Å²) in [6, 6.07) is 11.3. The number of hydrogen-bond donors (Lipinski definition) is 2. The maximum absolute atomic E-state index is 13.1. The third-order valence-electron chi connectivity index (χ3n) is 4.64. The fourth-order valence-corrected chi connectivity index (χ4v) is 3.39. The van der Waals surface area contributed by atoms with E-state index in [2.05, 4.69) is 22.2 Å². The average molecular weight is 455 g/mol. The van der Waals surface area contributed by atoms with Crippen LogP contribution < -0.4 is 10.6 Å². The smallest absolute Gasteiger partial charge is 0.411 e. The van der Waals surface area contributed by atoms with Crippen LogP contribution in [0.4, 0.5) is 10.5 Å². The van der Waals surface area contributed by atoms with Crippen molar-refractivity contribution in [3.63, 3.8) is 0 Å². The number of nitrogens with one attached hydrogen (secondary N) is 2. The standard InChI is InChI=1S/C24H27ClN4O3/c1-16(28-18-8-6-5-7-9-18)22-20(27-12-17-10-11-26-13-19(17)25)14-29(15-21(22)30)23(31)32-24(2,3)4/h5-11,13,27-28H,1,12,14-15H2,2-4H3. The number of benzene rings is 1. The maximum atomic E-state index is 13.1. The molecule has 1 aromatic heterocycles. The monoisotopic (exact) mass is 454 g/mol. The van der Waals surface area contributed by atoms with E-state index >= 15 is 0 Å². The highest BCUT2D eigenvalue weighted by molar-refractivity contribution is 6.31. The number of pyridine rings is 1. The molecule has 8 heteroatoms. The van der Waals surface area contributed by atoms with Crippen molar-refractivity contribution in [2.75, 3.05) is 18.4 Å². The van der Waals surface area contributed by atoms with Crippen LogP contribution in [0.15, 0.2) is 72.3 Å². The van der Waals surface area contributed by atoms with Gasteiger partial charge in [-0.25, -0.2) is 4.79 Å². The van der Waals surface area contributed by atoms with Gasteiger partial charge in [0.2, 0.25) is 0 Å². The minimum absolute atomic E-state index is 0.0963. The molecule has 168 valence electrons. The van der Waals surface area contributed by atoms with Gasteiger partial charge in [0, 0.05) is 36.0 Å². The summed E-state index contributed by atoms with van der Waals surface area (Å²) in [4.78, 5) is 31.1. The second-order valence-corrected chi connectivity index (χ2v) is 8.81. The average Bonchev–Trinajstić information content (AvgIpc) is 2.72.